The highest BCUT2D eigenvalue weighted by molar-refractivity contribution is 5.89. The summed E-state index contributed by atoms with van der Waals surface area (Å²) < 4.78 is 0. The van der Waals surface area contributed by atoms with Crippen LogP contribution >= 0.6 is 0 Å². The molecular weight excluding hydrogens is 198 g/mol. The van der Waals surface area contributed by atoms with Gasteiger partial charge in [-0.15, -0.1) is 0 Å². The molecule has 2 atom stereocenters. The topological polar surface area (TPSA) is 29.1 Å². The molecule has 0 saturated heterocycles. The lowest BCUT2D eigenvalue weighted by Gasteiger charge is -2.35. The quantitative estimate of drug-likeness (QED) is 0.797. The van der Waals surface area contributed by atoms with E-state index in [9.17, 15) is 4.79 Å². The van der Waals surface area contributed by atoms with Gasteiger partial charge in [-0.2, -0.15) is 0 Å². The predicted molar refractivity (Wildman–Crippen MR) is 70.6 cm³/mol. The molecule has 0 bridgehead atoms. The molecule has 0 radical (unpaired) electrons. The molecule has 0 fully saturated rings. The minimum absolute atomic E-state index is 0.0188. The van der Waals surface area contributed by atoms with Crippen molar-refractivity contribution in [2.24, 2.45) is 11.3 Å². The van der Waals surface area contributed by atoms with Crippen LogP contribution in [0.1, 0.15) is 61.8 Å². The third-order valence-electron chi connectivity index (χ3n) is 2.82. The van der Waals surface area contributed by atoms with E-state index >= 15 is 0 Å². The Bertz CT molecular complexity index is 232. The second-order valence-electron chi connectivity index (χ2n) is 6.87. The van der Waals surface area contributed by atoms with E-state index in [2.05, 4.69) is 39.9 Å². The molecule has 0 aromatic carbocycles. The van der Waals surface area contributed by atoms with Gasteiger partial charge in [0.15, 0.2) is 5.78 Å². The van der Waals surface area contributed by atoms with Crippen LogP contribution in [0.4, 0.5) is 0 Å². The monoisotopic (exact) mass is 227 g/mol. The van der Waals surface area contributed by atoms with Crippen molar-refractivity contribution in [3.05, 3.63) is 0 Å². The molecule has 0 aromatic heterocycles. The summed E-state index contributed by atoms with van der Waals surface area (Å²) >= 11 is 0. The van der Waals surface area contributed by atoms with Gasteiger partial charge in [-0.05, 0) is 26.7 Å². The average Bonchev–Trinajstić information content (AvgIpc) is 2.09. The van der Waals surface area contributed by atoms with Gasteiger partial charge in [-0.3, -0.25) is 4.79 Å². The van der Waals surface area contributed by atoms with Crippen molar-refractivity contribution >= 4 is 5.78 Å². The summed E-state index contributed by atoms with van der Waals surface area (Å²) in [6, 6.07) is -0.0370. The van der Waals surface area contributed by atoms with Crippen LogP contribution < -0.4 is 5.32 Å². The number of nitrogens with one attached hydrogen (secondary N) is 1. The van der Waals surface area contributed by atoms with E-state index in [0.29, 0.717) is 11.7 Å². The molecule has 0 spiro atoms. The van der Waals surface area contributed by atoms with Crippen LogP contribution in [0.15, 0.2) is 0 Å². The Morgan fingerprint density at radius 2 is 1.56 bits per heavy atom. The molecule has 1 N–H and O–H groups in total. The van der Waals surface area contributed by atoms with Crippen molar-refractivity contribution in [1.29, 1.82) is 0 Å². The standard InChI is InChI=1S/C14H29NO/c1-9-10(2)11(15-14(6,7)8)12(16)13(3,4)5/h10-11,15H,9H2,1-8H3. The molecule has 16 heavy (non-hydrogen) atoms. The first kappa shape index (κ1) is 15.6. The van der Waals surface area contributed by atoms with E-state index in [1.54, 1.807) is 0 Å². The van der Waals surface area contributed by atoms with E-state index in [0.717, 1.165) is 6.42 Å². The van der Waals surface area contributed by atoms with E-state index < -0.39 is 0 Å². The van der Waals surface area contributed by atoms with Gasteiger partial charge in [0.2, 0.25) is 0 Å². The van der Waals surface area contributed by atoms with Crippen LogP contribution in [0.3, 0.4) is 0 Å². The van der Waals surface area contributed by atoms with E-state index in [1.807, 2.05) is 20.8 Å². The maximum atomic E-state index is 12.4. The van der Waals surface area contributed by atoms with Crippen LogP contribution in [0, 0.1) is 11.3 Å². The van der Waals surface area contributed by atoms with E-state index in [4.69, 9.17) is 0 Å². The molecule has 0 aliphatic rings. The fourth-order valence-electron chi connectivity index (χ4n) is 1.63. The van der Waals surface area contributed by atoms with Gasteiger partial charge < -0.3 is 5.32 Å². The Hall–Kier alpha value is -0.370. The first-order valence-electron chi connectivity index (χ1n) is 6.31. The van der Waals surface area contributed by atoms with Gasteiger partial charge in [0, 0.05) is 11.0 Å². The molecule has 2 nitrogen and oxygen atoms in total. The Morgan fingerprint density at radius 3 is 1.81 bits per heavy atom. The summed E-state index contributed by atoms with van der Waals surface area (Å²) in [7, 11) is 0. The van der Waals surface area contributed by atoms with Crippen molar-refractivity contribution in [2.75, 3.05) is 0 Å². The predicted octanol–water partition coefficient (Wildman–Crippen LogP) is 3.40. The zero-order valence-electron chi connectivity index (χ0n) is 12.3. The molecule has 0 rings (SSSR count). The molecule has 96 valence electrons. The summed E-state index contributed by atoms with van der Waals surface area (Å²) in [5.74, 6) is 0.697. The zero-order valence-corrected chi connectivity index (χ0v) is 12.3. The third-order valence-corrected chi connectivity index (χ3v) is 2.82. The summed E-state index contributed by atoms with van der Waals surface area (Å²) in [5, 5.41) is 3.46. The zero-order chi connectivity index (χ0) is 13.1. The molecule has 0 aliphatic carbocycles. The van der Waals surface area contributed by atoms with Gasteiger partial charge in [0.25, 0.3) is 0 Å². The number of Topliss-reactive ketones (excluding diaryl/α,β-unsaturated/α-hetero) is 1. The van der Waals surface area contributed by atoms with Crippen LogP contribution in [0.5, 0.6) is 0 Å². The average molecular weight is 227 g/mol. The molecular formula is C14H29NO. The lowest BCUT2D eigenvalue weighted by atomic mass is 9.80. The maximum absolute atomic E-state index is 12.4. The summed E-state index contributed by atoms with van der Waals surface area (Å²) in [6.45, 7) is 16.6. The minimum Gasteiger partial charge on any atom is -0.302 e. The Labute approximate surface area is 101 Å². The van der Waals surface area contributed by atoms with Crippen LogP contribution in [0.2, 0.25) is 0 Å². The Kier molecular flexibility index (Phi) is 5.18. The van der Waals surface area contributed by atoms with Crippen molar-refractivity contribution in [3.8, 4) is 0 Å². The fourth-order valence-corrected chi connectivity index (χ4v) is 1.63. The number of carbonyl (C=O) groups excluding carboxylic acids is 1. The Balaban J connectivity index is 4.89. The number of ketones is 1. The largest absolute Gasteiger partial charge is 0.302 e. The molecule has 0 saturated carbocycles. The summed E-state index contributed by atoms with van der Waals surface area (Å²) in [5.41, 5.74) is -0.290. The number of carbonyl (C=O) groups is 1. The third kappa shape index (κ3) is 5.11. The highest BCUT2D eigenvalue weighted by Gasteiger charge is 2.34. The van der Waals surface area contributed by atoms with Gasteiger partial charge in [-0.25, -0.2) is 0 Å². The smallest absolute Gasteiger partial charge is 0.155 e. The van der Waals surface area contributed by atoms with Crippen molar-refractivity contribution in [1.82, 2.24) is 5.32 Å². The normalized spacial score (nSPS) is 17.0. The molecule has 2 heteroatoms. The highest BCUT2D eigenvalue weighted by atomic mass is 16.1. The van der Waals surface area contributed by atoms with Gasteiger partial charge in [0.05, 0.1) is 6.04 Å². The highest BCUT2D eigenvalue weighted by Crippen LogP contribution is 2.23. The lowest BCUT2D eigenvalue weighted by molar-refractivity contribution is -0.130. The van der Waals surface area contributed by atoms with Crippen LogP contribution in [-0.2, 0) is 4.79 Å². The summed E-state index contributed by atoms with van der Waals surface area (Å²) in [4.78, 5) is 12.4. The van der Waals surface area contributed by atoms with Crippen molar-refractivity contribution in [3.63, 3.8) is 0 Å². The Morgan fingerprint density at radius 1 is 1.12 bits per heavy atom. The molecule has 0 aliphatic heterocycles. The number of hydrogen-bond acceptors (Lipinski definition) is 2. The van der Waals surface area contributed by atoms with Gasteiger partial charge >= 0.3 is 0 Å². The van der Waals surface area contributed by atoms with Gasteiger partial charge in [0.1, 0.15) is 0 Å². The summed E-state index contributed by atoms with van der Waals surface area (Å²) in [6.07, 6.45) is 1.02. The minimum atomic E-state index is -0.271. The fraction of sp³-hybridized carbons (Fsp3) is 0.929. The number of hydrogen-bond donors (Lipinski definition) is 1. The molecule has 0 amide bonds. The molecule has 0 aromatic rings. The first-order chi connectivity index (χ1) is 6.99. The van der Waals surface area contributed by atoms with Crippen LogP contribution in [0.25, 0.3) is 0 Å². The number of rotatable bonds is 4. The van der Waals surface area contributed by atoms with Crippen molar-refractivity contribution < 1.29 is 4.79 Å². The van der Waals surface area contributed by atoms with Gasteiger partial charge in [-0.1, -0.05) is 41.0 Å². The first-order valence-corrected chi connectivity index (χ1v) is 6.31. The lowest BCUT2D eigenvalue weighted by Crippen LogP contribution is -2.53. The molecule has 2 unspecified atom stereocenters. The SMILES string of the molecule is CCC(C)C(NC(C)(C)C)C(=O)C(C)(C)C. The maximum Gasteiger partial charge on any atom is 0.155 e. The van der Waals surface area contributed by atoms with E-state index in [-0.39, 0.29) is 17.0 Å². The van der Waals surface area contributed by atoms with E-state index in [1.165, 1.54) is 0 Å². The van der Waals surface area contributed by atoms with Crippen molar-refractivity contribution in [2.45, 2.75) is 73.4 Å². The second-order valence-corrected chi connectivity index (χ2v) is 6.87. The molecule has 0 heterocycles. The second kappa shape index (κ2) is 5.31. The van der Waals surface area contributed by atoms with Crippen LogP contribution in [-0.4, -0.2) is 17.4 Å².